The van der Waals surface area contributed by atoms with Gasteiger partial charge in [-0.05, 0) is 42.8 Å². The molecule has 1 atom stereocenters. The Kier molecular flexibility index (Phi) is 7.63. The lowest BCUT2D eigenvalue weighted by molar-refractivity contribution is -0.148. The number of benzene rings is 3. The van der Waals surface area contributed by atoms with Crippen LogP contribution in [0.2, 0.25) is 5.02 Å². The number of esters is 1. The van der Waals surface area contributed by atoms with E-state index in [0.29, 0.717) is 22.0 Å². The number of sulfonamides is 1. The molecule has 0 bridgehead atoms. The fourth-order valence-corrected chi connectivity index (χ4v) is 5.43. The van der Waals surface area contributed by atoms with Crippen molar-refractivity contribution in [1.29, 1.82) is 0 Å². The summed E-state index contributed by atoms with van der Waals surface area (Å²) in [5.74, 6) is -0.837. The Balaban J connectivity index is 1.70. The maximum atomic E-state index is 13.7. The molecule has 0 unspecified atom stereocenters. The third kappa shape index (κ3) is 5.38. The van der Waals surface area contributed by atoms with Crippen molar-refractivity contribution in [2.45, 2.75) is 24.5 Å². The van der Waals surface area contributed by atoms with Crippen LogP contribution in [0.25, 0.3) is 0 Å². The summed E-state index contributed by atoms with van der Waals surface area (Å²) in [4.78, 5) is 27.2. The molecule has 1 aliphatic rings. The molecule has 0 N–H and O–H groups in total. The highest BCUT2D eigenvalue weighted by molar-refractivity contribution is 7.89. The average Bonchev–Trinajstić information content (AvgIpc) is 2.88. The third-order valence-corrected chi connectivity index (χ3v) is 7.99. The second-order valence-corrected chi connectivity index (χ2v) is 10.6. The molecule has 1 heterocycles. The van der Waals surface area contributed by atoms with Gasteiger partial charge in [-0.3, -0.25) is 4.79 Å². The monoisotopic (exact) mass is 528 g/mol. The number of halogens is 1. The highest BCUT2D eigenvalue weighted by Crippen LogP contribution is 2.34. The van der Waals surface area contributed by atoms with Crippen molar-refractivity contribution < 1.29 is 27.5 Å². The predicted octanol–water partition coefficient (Wildman–Crippen LogP) is 3.81. The van der Waals surface area contributed by atoms with Gasteiger partial charge in [0.2, 0.25) is 22.0 Å². The van der Waals surface area contributed by atoms with Gasteiger partial charge in [0, 0.05) is 11.6 Å². The largest absolute Gasteiger partial charge is 0.475 e. The van der Waals surface area contributed by atoms with Crippen LogP contribution in [-0.4, -0.2) is 50.9 Å². The van der Waals surface area contributed by atoms with Gasteiger partial charge < -0.3 is 14.4 Å². The molecule has 0 aliphatic carbocycles. The normalized spacial score (nSPS) is 15.2. The molecule has 0 fully saturated rings. The summed E-state index contributed by atoms with van der Waals surface area (Å²) in [6.45, 7) is 1.14. The number of hydrogen-bond donors (Lipinski definition) is 0. The van der Waals surface area contributed by atoms with Gasteiger partial charge in [-0.15, -0.1) is 0 Å². The van der Waals surface area contributed by atoms with Gasteiger partial charge in [-0.25, -0.2) is 13.2 Å². The second-order valence-electron chi connectivity index (χ2n) is 8.28. The first kappa shape index (κ1) is 25.7. The van der Waals surface area contributed by atoms with Crippen molar-refractivity contribution in [3.05, 3.63) is 88.9 Å². The standard InChI is InChI=1S/C26H25ClN2O6S/c1-18-11-13-20(14-12-18)36(32,33)28(15-19-7-3-4-8-21(19)27)17-25(30)29-16-24(26(31)34-2)35-23-10-6-5-9-22(23)29/h3-14,24H,15-17H2,1-2H3/t24-/m1/s1. The molecule has 3 aromatic rings. The van der Waals surface area contributed by atoms with Gasteiger partial charge >= 0.3 is 5.97 Å². The Bertz CT molecular complexity index is 1380. The molecule has 0 spiro atoms. The summed E-state index contributed by atoms with van der Waals surface area (Å²) < 4.78 is 38.9. The van der Waals surface area contributed by atoms with Crippen molar-refractivity contribution in [3.8, 4) is 5.75 Å². The minimum Gasteiger partial charge on any atom is -0.475 e. The number of hydrogen-bond acceptors (Lipinski definition) is 6. The quantitative estimate of drug-likeness (QED) is 0.433. The number of methoxy groups -OCH3 is 1. The number of amides is 1. The summed E-state index contributed by atoms with van der Waals surface area (Å²) in [5.41, 5.74) is 1.90. The first-order valence-electron chi connectivity index (χ1n) is 11.1. The van der Waals surface area contributed by atoms with Crippen LogP contribution in [0, 0.1) is 6.92 Å². The van der Waals surface area contributed by atoms with Crippen molar-refractivity contribution in [2.24, 2.45) is 0 Å². The van der Waals surface area contributed by atoms with Crippen LogP contribution in [0.5, 0.6) is 5.75 Å². The Morgan fingerprint density at radius 2 is 1.72 bits per heavy atom. The van der Waals surface area contributed by atoms with Crippen molar-refractivity contribution in [2.75, 3.05) is 25.1 Å². The summed E-state index contributed by atoms with van der Waals surface area (Å²) >= 11 is 6.32. The molecule has 0 saturated carbocycles. The lowest BCUT2D eigenvalue weighted by atomic mass is 10.2. The zero-order valence-corrected chi connectivity index (χ0v) is 21.3. The smallest absolute Gasteiger partial charge is 0.348 e. The van der Waals surface area contributed by atoms with Gasteiger partial charge in [-0.1, -0.05) is 59.6 Å². The van der Waals surface area contributed by atoms with Crippen LogP contribution in [-0.2, 0) is 30.9 Å². The van der Waals surface area contributed by atoms with Crippen LogP contribution in [0.4, 0.5) is 5.69 Å². The first-order valence-corrected chi connectivity index (χ1v) is 13.0. The van der Waals surface area contributed by atoms with Crippen LogP contribution in [0.15, 0.2) is 77.7 Å². The minimum absolute atomic E-state index is 0.0581. The lowest BCUT2D eigenvalue weighted by Crippen LogP contribution is -2.50. The van der Waals surface area contributed by atoms with E-state index in [1.807, 2.05) is 6.92 Å². The molecule has 0 radical (unpaired) electrons. The third-order valence-electron chi connectivity index (χ3n) is 5.81. The predicted molar refractivity (Wildman–Crippen MR) is 135 cm³/mol. The fraction of sp³-hybridized carbons (Fsp3) is 0.231. The number of nitrogens with zero attached hydrogens (tertiary/aromatic N) is 2. The van der Waals surface area contributed by atoms with E-state index >= 15 is 0 Å². The topological polar surface area (TPSA) is 93.2 Å². The Hall–Kier alpha value is -3.40. The van der Waals surface area contributed by atoms with E-state index < -0.39 is 34.5 Å². The molecule has 36 heavy (non-hydrogen) atoms. The maximum Gasteiger partial charge on any atom is 0.348 e. The molecule has 0 saturated heterocycles. The highest BCUT2D eigenvalue weighted by Gasteiger charge is 2.36. The number of para-hydroxylation sites is 2. The number of carbonyl (C=O) groups is 2. The number of fused-ring (bicyclic) bond motifs is 1. The average molecular weight is 529 g/mol. The minimum atomic E-state index is -4.07. The molecule has 0 aromatic heterocycles. The SMILES string of the molecule is COC(=O)[C@H]1CN(C(=O)CN(Cc2ccccc2Cl)S(=O)(=O)c2ccc(C)cc2)c2ccccc2O1. The molecule has 8 nitrogen and oxygen atoms in total. The molecular formula is C26H25ClN2O6S. The molecule has 10 heteroatoms. The number of ether oxygens (including phenoxy) is 2. The van der Waals surface area contributed by atoms with Crippen LogP contribution in [0.3, 0.4) is 0 Å². The molecule has 188 valence electrons. The number of anilines is 1. The zero-order valence-electron chi connectivity index (χ0n) is 19.8. The van der Waals surface area contributed by atoms with Gasteiger partial charge in [-0.2, -0.15) is 4.31 Å². The Morgan fingerprint density at radius 1 is 1.06 bits per heavy atom. The van der Waals surface area contributed by atoms with E-state index in [9.17, 15) is 18.0 Å². The van der Waals surface area contributed by atoms with Crippen LogP contribution in [0.1, 0.15) is 11.1 Å². The Labute approximate surface area is 215 Å². The van der Waals surface area contributed by atoms with E-state index in [-0.39, 0.29) is 18.0 Å². The lowest BCUT2D eigenvalue weighted by Gasteiger charge is -2.34. The zero-order chi connectivity index (χ0) is 25.9. The van der Waals surface area contributed by atoms with E-state index in [1.165, 1.54) is 24.1 Å². The summed E-state index contributed by atoms with van der Waals surface area (Å²) in [6.07, 6.45) is -1.04. The molecule has 1 aliphatic heterocycles. The van der Waals surface area contributed by atoms with E-state index in [1.54, 1.807) is 60.7 Å². The van der Waals surface area contributed by atoms with Crippen LogP contribution < -0.4 is 9.64 Å². The number of carbonyl (C=O) groups excluding carboxylic acids is 2. The Morgan fingerprint density at radius 3 is 2.42 bits per heavy atom. The van der Waals surface area contributed by atoms with E-state index in [2.05, 4.69) is 0 Å². The van der Waals surface area contributed by atoms with Gasteiger partial charge in [0.05, 0.1) is 30.8 Å². The summed E-state index contributed by atoms with van der Waals surface area (Å²) in [6, 6.07) is 20.0. The molecule has 4 rings (SSSR count). The maximum absolute atomic E-state index is 13.7. The van der Waals surface area contributed by atoms with E-state index in [4.69, 9.17) is 21.1 Å². The molecule has 1 amide bonds. The highest BCUT2D eigenvalue weighted by atomic mass is 35.5. The van der Waals surface area contributed by atoms with Crippen LogP contribution >= 0.6 is 11.6 Å². The summed E-state index contributed by atoms with van der Waals surface area (Å²) in [7, 11) is -2.84. The van der Waals surface area contributed by atoms with E-state index in [0.717, 1.165) is 9.87 Å². The fourth-order valence-electron chi connectivity index (χ4n) is 3.86. The van der Waals surface area contributed by atoms with Gasteiger partial charge in [0.25, 0.3) is 0 Å². The number of aryl methyl sites for hydroxylation is 1. The van der Waals surface area contributed by atoms with Crippen molar-refractivity contribution in [3.63, 3.8) is 0 Å². The molecular weight excluding hydrogens is 504 g/mol. The number of rotatable bonds is 7. The van der Waals surface area contributed by atoms with Crippen molar-refractivity contribution in [1.82, 2.24) is 4.31 Å². The second kappa shape index (κ2) is 10.7. The molecule has 3 aromatic carbocycles. The first-order chi connectivity index (χ1) is 17.2. The van der Waals surface area contributed by atoms with Crippen molar-refractivity contribution >= 4 is 39.2 Å². The summed E-state index contributed by atoms with van der Waals surface area (Å²) in [5, 5.41) is 0.386. The van der Waals surface area contributed by atoms with Gasteiger partial charge in [0.1, 0.15) is 5.75 Å². The van der Waals surface area contributed by atoms with Gasteiger partial charge in [0.15, 0.2) is 0 Å².